The Morgan fingerprint density at radius 3 is 2.57 bits per heavy atom. The van der Waals surface area contributed by atoms with Crippen molar-refractivity contribution in [3.63, 3.8) is 0 Å². The lowest BCUT2D eigenvalue weighted by Crippen LogP contribution is -2.39. The van der Waals surface area contributed by atoms with Gasteiger partial charge in [-0.1, -0.05) is 18.6 Å². The fourth-order valence-corrected chi connectivity index (χ4v) is 5.06. The van der Waals surface area contributed by atoms with E-state index in [1.165, 1.54) is 12.1 Å². The minimum atomic E-state index is -3.40. The van der Waals surface area contributed by atoms with Crippen LogP contribution in [0.4, 0.5) is 0 Å². The van der Waals surface area contributed by atoms with Crippen molar-refractivity contribution in [1.29, 1.82) is 0 Å². The molecule has 1 saturated carbocycles. The molecule has 0 heterocycles. The van der Waals surface area contributed by atoms with Gasteiger partial charge < -0.3 is 5.11 Å². The molecule has 0 aliphatic heterocycles. The smallest absolute Gasteiger partial charge is 0.335 e. The molecule has 116 valence electrons. The Balaban J connectivity index is 2.02. The van der Waals surface area contributed by atoms with E-state index in [0.29, 0.717) is 10.8 Å². The van der Waals surface area contributed by atoms with Crippen LogP contribution in [-0.2, 0) is 15.8 Å². The van der Waals surface area contributed by atoms with Crippen molar-refractivity contribution in [2.75, 3.05) is 6.26 Å². The molecular weight excluding hydrogens is 310 g/mol. The highest BCUT2D eigenvalue weighted by molar-refractivity contribution is 7.99. The Kier molecular flexibility index (Phi) is 5.29. The van der Waals surface area contributed by atoms with Crippen LogP contribution < -0.4 is 4.72 Å². The number of nitrogens with one attached hydrogen (secondary N) is 1. The highest BCUT2D eigenvalue weighted by Gasteiger charge is 2.30. The lowest BCUT2D eigenvalue weighted by Gasteiger charge is -2.19. The molecule has 1 aromatic carbocycles. The summed E-state index contributed by atoms with van der Waals surface area (Å²) < 4.78 is 27.2. The molecule has 1 aromatic rings. The maximum Gasteiger partial charge on any atom is 0.335 e. The van der Waals surface area contributed by atoms with Gasteiger partial charge in [-0.05, 0) is 36.8 Å². The van der Waals surface area contributed by atoms with Gasteiger partial charge in [0.2, 0.25) is 10.0 Å². The third kappa shape index (κ3) is 4.46. The molecule has 1 fully saturated rings. The topological polar surface area (TPSA) is 83.5 Å². The van der Waals surface area contributed by atoms with Crippen molar-refractivity contribution >= 4 is 27.8 Å². The summed E-state index contributed by atoms with van der Waals surface area (Å²) in [7, 11) is -3.40. The zero-order valence-electron chi connectivity index (χ0n) is 11.8. The third-order valence-corrected chi connectivity index (χ3v) is 6.19. The van der Waals surface area contributed by atoms with Crippen LogP contribution in [0, 0.1) is 0 Å². The number of hydrogen-bond acceptors (Lipinski definition) is 4. The molecular formula is C14H19NO4S2. The van der Waals surface area contributed by atoms with Gasteiger partial charge in [0.05, 0.1) is 11.3 Å². The highest BCUT2D eigenvalue weighted by atomic mass is 32.2. The van der Waals surface area contributed by atoms with Gasteiger partial charge in [-0.15, -0.1) is 0 Å². The molecule has 0 amide bonds. The molecule has 2 atom stereocenters. The SMILES string of the molecule is CSC1CCCC1NS(=O)(=O)Cc1ccc(C(=O)O)cc1. The van der Waals surface area contributed by atoms with Crippen molar-refractivity contribution in [1.82, 2.24) is 4.72 Å². The summed E-state index contributed by atoms with van der Waals surface area (Å²) in [6, 6.07) is 5.94. The van der Waals surface area contributed by atoms with Crippen LogP contribution in [-0.4, -0.2) is 37.0 Å². The van der Waals surface area contributed by atoms with E-state index in [0.717, 1.165) is 19.3 Å². The van der Waals surface area contributed by atoms with E-state index in [-0.39, 0.29) is 17.4 Å². The summed E-state index contributed by atoms with van der Waals surface area (Å²) in [5.74, 6) is -1.14. The van der Waals surface area contributed by atoms with Crippen LogP contribution in [0.5, 0.6) is 0 Å². The van der Waals surface area contributed by atoms with Crippen molar-refractivity contribution in [3.05, 3.63) is 35.4 Å². The van der Waals surface area contributed by atoms with E-state index in [2.05, 4.69) is 4.72 Å². The van der Waals surface area contributed by atoms with Crippen LogP contribution >= 0.6 is 11.8 Å². The van der Waals surface area contributed by atoms with Gasteiger partial charge in [-0.2, -0.15) is 11.8 Å². The first-order valence-electron chi connectivity index (χ1n) is 6.76. The second-order valence-corrected chi connectivity index (χ2v) is 8.02. The number of carboxylic acid groups (broad SMARTS) is 1. The molecule has 5 nitrogen and oxygen atoms in total. The summed E-state index contributed by atoms with van der Waals surface area (Å²) in [6.45, 7) is 0. The molecule has 21 heavy (non-hydrogen) atoms. The third-order valence-electron chi connectivity index (χ3n) is 3.64. The summed E-state index contributed by atoms with van der Waals surface area (Å²) in [4.78, 5) is 10.8. The fraction of sp³-hybridized carbons (Fsp3) is 0.500. The molecule has 7 heteroatoms. The second-order valence-electron chi connectivity index (χ2n) is 5.19. The molecule has 0 radical (unpaired) electrons. The Morgan fingerprint density at radius 2 is 2.00 bits per heavy atom. The van der Waals surface area contributed by atoms with Gasteiger partial charge in [0.15, 0.2) is 0 Å². The van der Waals surface area contributed by atoms with Crippen molar-refractivity contribution in [2.45, 2.75) is 36.3 Å². The van der Waals surface area contributed by atoms with Crippen LogP contribution in [0.15, 0.2) is 24.3 Å². The molecule has 2 rings (SSSR count). The van der Waals surface area contributed by atoms with E-state index in [1.807, 2.05) is 6.26 Å². The van der Waals surface area contributed by atoms with Gasteiger partial charge in [-0.3, -0.25) is 0 Å². The molecule has 2 N–H and O–H groups in total. The number of sulfonamides is 1. The first-order valence-corrected chi connectivity index (χ1v) is 9.70. The number of hydrogen-bond donors (Lipinski definition) is 2. The first kappa shape index (κ1) is 16.3. The van der Waals surface area contributed by atoms with Gasteiger partial charge in [-0.25, -0.2) is 17.9 Å². The van der Waals surface area contributed by atoms with Crippen molar-refractivity contribution < 1.29 is 18.3 Å². The van der Waals surface area contributed by atoms with E-state index >= 15 is 0 Å². The molecule has 0 aromatic heterocycles. The van der Waals surface area contributed by atoms with Crippen molar-refractivity contribution in [2.24, 2.45) is 0 Å². The second kappa shape index (κ2) is 6.81. The number of thioether (sulfide) groups is 1. The number of benzene rings is 1. The van der Waals surface area contributed by atoms with Gasteiger partial charge in [0.1, 0.15) is 0 Å². The predicted octanol–water partition coefficient (Wildman–Crippen LogP) is 2.09. The van der Waals surface area contributed by atoms with E-state index in [1.54, 1.807) is 23.9 Å². The summed E-state index contributed by atoms with van der Waals surface area (Å²) >= 11 is 1.70. The average molecular weight is 329 g/mol. The quantitative estimate of drug-likeness (QED) is 0.835. The number of carbonyl (C=O) groups is 1. The lowest BCUT2D eigenvalue weighted by atomic mass is 10.1. The summed E-state index contributed by atoms with van der Waals surface area (Å²) in [5.41, 5.74) is 0.744. The average Bonchev–Trinajstić information content (AvgIpc) is 2.85. The molecule has 0 saturated heterocycles. The van der Waals surface area contributed by atoms with Crippen molar-refractivity contribution in [3.8, 4) is 0 Å². The minimum absolute atomic E-state index is 0.00305. The summed E-state index contributed by atoms with van der Waals surface area (Å²) in [5, 5.41) is 9.16. The Labute approximate surface area is 129 Å². The van der Waals surface area contributed by atoms with Crippen LogP contribution in [0.1, 0.15) is 35.2 Å². The van der Waals surface area contributed by atoms with Crippen LogP contribution in [0.3, 0.4) is 0 Å². The Hall–Kier alpha value is -1.05. The highest BCUT2D eigenvalue weighted by Crippen LogP contribution is 2.29. The van der Waals surface area contributed by atoms with Crippen LogP contribution in [0.2, 0.25) is 0 Å². The predicted molar refractivity (Wildman–Crippen MR) is 84.1 cm³/mol. The molecule has 1 aliphatic rings. The monoisotopic (exact) mass is 329 g/mol. The first-order chi connectivity index (χ1) is 9.91. The zero-order valence-corrected chi connectivity index (χ0v) is 13.4. The van der Waals surface area contributed by atoms with Gasteiger partial charge in [0, 0.05) is 11.3 Å². The molecule has 1 aliphatic carbocycles. The maximum absolute atomic E-state index is 12.2. The number of carboxylic acids is 1. The number of rotatable bonds is 6. The number of aromatic carboxylic acids is 1. The molecule has 0 spiro atoms. The van der Waals surface area contributed by atoms with Crippen LogP contribution in [0.25, 0.3) is 0 Å². The van der Waals surface area contributed by atoms with Gasteiger partial charge in [0.25, 0.3) is 0 Å². The van der Waals surface area contributed by atoms with E-state index in [9.17, 15) is 13.2 Å². The minimum Gasteiger partial charge on any atom is -0.478 e. The summed E-state index contributed by atoms with van der Waals surface area (Å²) in [6.07, 6.45) is 4.97. The largest absolute Gasteiger partial charge is 0.478 e. The van der Waals surface area contributed by atoms with E-state index in [4.69, 9.17) is 5.11 Å². The van der Waals surface area contributed by atoms with Gasteiger partial charge >= 0.3 is 5.97 Å². The zero-order chi connectivity index (χ0) is 15.5. The lowest BCUT2D eigenvalue weighted by molar-refractivity contribution is 0.0697. The molecule has 2 unspecified atom stereocenters. The Bertz CT molecular complexity index is 598. The Morgan fingerprint density at radius 1 is 1.33 bits per heavy atom. The normalized spacial score (nSPS) is 22.3. The fourth-order valence-electron chi connectivity index (χ4n) is 2.58. The molecule has 0 bridgehead atoms. The maximum atomic E-state index is 12.2. The van der Waals surface area contributed by atoms with E-state index < -0.39 is 16.0 Å². The standard InChI is InChI=1S/C14H19NO4S2/c1-20-13-4-2-3-12(13)15-21(18,19)9-10-5-7-11(8-6-10)14(16)17/h5-8,12-13,15H,2-4,9H2,1H3,(H,16,17).